The number of hydrogen-bond acceptors (Lipinski definition) is 8. The number of nitrogens with zero attached hydrogens (tertiary/aromatic N) is 5. The lowest BCUT2D eigenvalue weighted by Gasteiger charge is -2.21. The Bertz CT molecular complexity index is 1530. The second kappa shape index (κ2) is 6.76. The van der Waals surface area contributed by atoms with Crippen LogP contribution in [0.4, 0.5) is 11.5 Å². The molecule has 5 heterocycles. The van der Waals surface area contributed by atoms with Crippen molar-refractivity contribution in [2.45, 2.75) is 6.04 Å². The van der Waals surface area contributed by atoms with E-state index in [4.69, 9.17) is 20.4 Å². The van der Waals surface area contributed by atoms with Gasteiger partial charge in [0, 0.05) is 43.8 Å². The number of benzene rings is 1. The lowest BCUT2D eigenvalue weighted by Crippen LogP contribution is -2.29. The first kappa shape index (κ1) is 18.6. The van der Waals surface area contributed by atoms with Gasteiger partial charge in [0.1, 0.15) is 11.5 Å². The molecule has 4 N–H and O–H groups in total. The zero-order chi connectivity index (χ0) is 22.1. The van der Waals surface area contributed by atoms with Crippen LogP contribution in [0.25, 0.3) is 33.0 Å². The number of aromatic amines is 1. The monoisotopic (exact) mass is 438 g/mol. The summed E-state index contributed by atoms with van der Waals surface area (Å²) in [6.45, 7) is 1.80. The SMILES string of the molecule is CNc1cccc2c1[nH]c1nc(Oc3cnc4cccnc4c3)nc(N3CC4C(N)C4C3)c12. The summed E-state index contributed by atoms with van der Waals surface area (Å²) < 4.78 is 6.09. The average Bonchev–Trinajstić information content (AvgIpc) is 3.20. The summed E-state index contributed by atoms with van der Waals surface area (Å²) in [5.74, 6) is 2.49. The van der Waals surface area contributed by atoms with Crippen molar-refractivity contribution >= 4 is 44.5 Å². The second-order valence-electron chi connectivity index (χ2n) is 8.78. The lowest BCUT2D eigenvalue weighted by molar-refractivity contribution is 0.442. The maximum Gasteiger partial charge on any atom is 0.326 e. The molecule has 4 aromatic heterocycles. The highest BCUT2D eigenvalue weighted by molar-refractivity contribution is 6.14. The Morgan fingerprint density at radius 2 is 1.97 bits per heavy atom. The van der Waals surface area contributed by atoms with E-state index < -0.39 is 0 Å². The first-order valence-electron chi connectivity index (χ1n) is 11.1. The topological polar surface area (TPSA) is 118 Å². The molecule has 0 bridgehead atoms. The third-order valence-corrected chi connectivity index (χ3v) is 6.91. The first-order chi connectivity index (χ1) is 16.2. The molecule has 1 saturated heterocycles. The van der Waals surface area contributed by atoms with E-state index >= 15 is 0 Å². The van der Waals surface area contributed by atoms with E-state index in [1.54, 1.807) is 12.4 Å². The van der Waals surface area contributed by atoms with Crippen molar-refractivity contribution in [3.8, 4) is 11.8 Å². The van der Waals surface area contributed by atoms with Crippen molar-refractivity contribution < 1.29 is 4.74 Å². The normalized spacial score (nSPS) is 21.6. The van der Waals surface area contributed by atoms with Crippen LogP contribution in [0.3, 0.4) is 0 Å². The number of piperidine rings is 1. The van der Waals surface area contributed by atoms with E-state index in [1.165, 1.54) is 0 Å². The van der Waals surface area contributed by atoms with Crippen LogP contribution in [0, 0.1) is 11.8 Å². The molecule has 33 heavy (non-hydrogen) atoms. The molecule has 1 aliphatic carbocycles. The molecule has 1 aliphatic heterocycles. The smallest absolute Gasteiger partial charge is 0.326 e. The third kappa shape index (κ3) is 2.82. The molecule has 0 amide bonds. The van der Waals surface area contributed by atoms with Crippen molar-refractivity contribution in [3.63, 3.8) is 0 Å². The predicted octanol–water partition coefficient (Wildman–Crippen LogP) is 3.28. The fourth-order valence-electron chi connectivity index (χ4n) is 5.11. The Hall–Kier alpha value is -3.98. The van der Waals surface area contributed by atoms with Crippen LogP contribution in [0.2, 0.25) is 0 Å². The number of H-pyrrole nitrogens is 1. The molecular formula is C24H22N8O. The summed E-state index contributed by atoms with van der Waals surface area (Å²) in [6.07, 6.45) is 3.41. The molecule has 2 aliphatic rings. The van der Waals surface area contributed by atoms with Crippen molar-refractivity contribution in [3.05, 3.63) is 48.8 Å². The molecule has 9 nitrogen and oxygen atoms in total. The number of hydrogen-bond donors (Lipinski definition) is 3. The molecule has 2 fully saturated rings. The average molecular weight is 438 g/mol. The molecule has 7 rings (SSSR count). The van der Waals surface area contributed by atoms with Gasteiger partial charge in [0.2, 0.25) is 0 Å². The Labute approximate surface area is 189 Å². The second-order valence-corrected chi connectivity index (χ2v) is 8.78. The van der Waals surface area contributed by atoms with Gasteiger partial charge in [0.25, 0.3) is 0 Å². The Morgan fingerprint density at radius 3 is 2.82 bits per heavy atom. The molecule has 5 aromatic rings. The summed E-state index contributed by atoms with van der Waals surface area (Å²) in [7, 11) is 1.91. The molecule has 2 atom stereocenters. The number of nitrogens with two attached hydrogens (primary N) is 1. The molecule has 9 heteroatoms. The summed E-state index contributed by atoms with van der Waals surface area (Å²) in [5.41, 5.74) is 10.5. The van der Waals surface area contributed by atoms with Gasteiger partial charge >= 0.3 is 6.01 Å². The van der Waals surface area contributed by atoms with Crippen LogP contribution >= 0.6 is 0 Å². The standard InChI is InChI=1S/C24H22N8O/c1-26-17-5-2-4-13-19-22(29-21(13)17)30-24(31-23(19)32-10-14-15(11-32)20(14)25)33-12-8-18-16(28-9-12)6-3-7-27-18/h2-9,14-15,20,26H,10-11,25H2,1H3,(H,29,30,31). The van der Waals surface area contributed by atoms with E-state index in [9.17, 15) is 0 Å². The van der Waals surface area contributed by atoms with Gasteiger partial charge in [-0.3, -0.25) is 9.97 Å². The summed E-state index contributed by atoms with van der Waals surface area (Å²) in [5, 5.41) is 5.34. The van der Waals surface area contributed by atoms with E-state index in [0.29, 0.717) is 23.6 Å². The number of rotatable bonds is 4. The first-order valence-corrected chi connectivity index (χ1v) is 11.1. The highest BCUT2D eigenvalue weighted by Gasteiger charge is 2.54. The minimum atomic E-state index is 0.275. The number of nitrogens with one attached hydrogen (secondary N) is 2. The van der Waals surface area contributed by atoms with Crippen LogP contribution in [-0.4, -0.2) is 51.1 Å². The minimum absolute atomic E-state index is 0.275. The number of anilines is 2. The summed E-state index contributed by atoms with van der Waals surface area (Å²) in [6, 6.07) is 12.4. The van der Waals surface area contributed by atoms with Crippen molar-refractivity contribution in [2.75, 3.05) is 30.4 Å². The Balaban J connectivity index is 1.37. The third-order valence-electron chi connectivity index (χ3n) is 6.91. The van der Waals surface area contributed by atoms with Crippen LogP contribution in [0.5, 0.6) is 11.8 Å². The van der Waals surface area contributed by atoms with E-state index in [0.717, 1.165) is 57.6 Å². The minimum Gasteiger partial charge on any atom is -0.422 e. The summed E-state index contributed by atoms with van der Waals surface area (Å²) >= 11 is 0. The molecule has 1 saturated carbocycles. The Morgan fingerprint density at radius 1 is 1.09 bits per heavy atom. The molecule has 1 aromatic carbocycles. The van der Waals surface area contributed by atoms with Crippen molar-refractivity contribution in [1.82, 2.24) is 24.9 Å². The zero-order valence-corrected chi connectivity index (χ0v) is 18.0. The predicted molar refractivity (Wildman–Crippen MR) is 128 cm³/mol. The van der Waals surface area contributed by atoms with E-state index in [2.05, 4.69) is 31.2 Å². The highest BCUT2D eigenvalue weighted by atomic mass is 16.5. The van der Waals surface area contributed by atoms with Crippen molar-refractivity contribution in [2.24, 2.45) is 17.6 Å². The number of para-hydroxylation sites is 1. The van der Waals surface area contributed by atoms with Crippen LogP contribution in [-0.2, 0) is 0 Å². The van der Waals surface area contributed by atoms with Gasteiger partial charge in [-0.1, -0.05) is 12.1 Å². The maximum atomic E-state index is 6.20. The molecule has 0 spiro atoms. The summed E-state index contributed by atoms with van der Waals surface area (Å²) in [4.78, 5) is 24.2. The van der Waals surface area contributed by atoms with Crippen LogP contribution in [0.1, 0.15) is 0 Å². The number of aromatic nitrogens is 5. The number of fused-ring (bicyclic) bond motifs is 5. The zero-order valence-electron chi connectivity index (χ0n) is 18.0. The fraction of sp³-hybridized carbons (Fsp3) is 0.250. The van der Waals surface area contributed by atoms with Gasteiger partial charge in [-0.2, -0.15) is 9.97 Å². The molecule has 164 valence electrons. The van der Waals surface area contributed by atoms with Gasteiger partial charge in [0.15, 0.2) is 5.75 Å². The van der Waals surface area contributed by atoms with Crippen LogP contribution in [0.15, 0.2) is 48.8 Å². The largest absolute Gasteiger partial charge is 0.422 e. The molecule has 2 unspecified atom stereocenters. The fourth-order valence-corrected chi connectivity index (χ4v) is 5.11. The lowest BCUT2D eigenvalue weighted by atomic mass is 10.1. The molecule has 0 radical (unpaired) electrons. The van der Waals surface area contributed by atoms with Gasteiger partial charge in [-0.05, 0) is 30.0 Å². The maximum absolute atomic E-state index is 6.20. The quantitative estimate of drug-likeness (QED) is 0.391. The Kier molecular flexibility index (Phi) is 3.80. The number of ether oxygens (including phenoxy) is 1. The van der Waals surface area contributed by atoms with Crippen molar-refractivity contribution in [1.29, 1.82) is 0 Å². The van der Waals surface area contributed by atoms with Crippen LogP contribution < -0.4 is 20.7 Å². The number of pyridine rings is 2. The van der Waals surface area contributed by atoms with Gasteiger partial charge < -0.3 is 25.7 Å². The van der Waals surface area contributed by atoms with Gasteiger partial charge in [-0.15, -0.1) is 0 Å². The van der Waals surface area contributed by atoms with E-state index in [1.807, 2.05) is 37.4 Å². The van der Waals surface area contributed by atoms with Gasteiger partial charge in [-0.25, -0.2) is 0 Å². The van der Waals surface area contributed by atoms with E-state index in [-0.39, 0.29) is 6.01 Å². The molecular weight excluding hydrogens is 416 g/mol. The highest BCUT2D eigenvalue weighted by Crippen LogP contribution is 2.47. The van der Waals surface area contributed by atoms with Gasteiger partial charge in [0.05, 0.1) is 33.8 Å².